The number of piperidine rings is 1. The van der Waals surface area contributed by atoms with E-state index in [0.29, 0.717) is 30.4 Å². The molecule has 3 aliphatic rings. The molecule has 0 saturated carbocycles. The third kappa shape index (κ3) is 4.93. The number of halogens is 1. The summed E-state index contributed by atoms with van der Waals surface area (Å²) in [6.45, 7) is 1.97. The Labute approximate surface area is 205 Å². The third-order valence-corrected chi connectivity index (χ3v) is 6.97. The lowest BCUT2D eigenvalue weighted by atomic mass is 9.86. The molecule has 4 unspecified atom stereocenters. The standard InChI is InChI=1S/C24H33ClN6O3/c1-29(2)10-5-7-20(32)30-11-4-6-16(13-30)31-14-17(15-8-9-19(34-3)18(25)12-15)21-22(31)24(33)28-27-23(21)26/h5,7-9,12,14,16,21-23,27H,4,6,10-11,13,26H2,1-3H3,(H,28,33)/b7-5+. The van der Waals surface area contributed by atoms with E-state index in [1.807, 2.05) is 54.4 Å². The molecule has 2 amide bonds. The minimum atomic E-state index is -0.463. The molecule has 184 valence electrons. The van der Waals surface area contributed by atoms with Gasteiger partial charge in [0.1, 0.15) is 11.8 Å². The van der Waals surface area contributed by atoms with Crippen molar-refractivity contribution in [3.63, 3.8) is 0 Å². The number of nitrogens with two attached hydrogens (primary N) is 1. The highest BCUT2D eigenvalue weighted by molar-refractivity contribution is 6.32. The lowest BCUT2D eigenvalue weighted by Crippen LogP contribution is -2.67. The molecule has 4 N–H and O–H groups in total. The van der Waals surface area contributed by atoms with Crippen molar-refractivity contribution in [3.8, 4) is 5.75 Å². The summed E-state index contributed by atoms with van der Waals surface area (Å²) in [6, 6.07) is 5.14. The number of amides is 2. The molecule has 10 heteroatoms. The van der Waals surface area contributed by atoms with E-state index in [4.69, 9.17) is 22.1 Å². The zero-order chi connectivity index (χ0) is 24.4. The van der Waals surface area contributed by atoms with Crippen molar-refractivity contribution in [1.82, 2.24) is 25.6 Å². The second-order valence-electron chi connectivity index (χ2n) is 9.26. The number of likely N-dealkylation sites (N-methyl/N-ethyl adjacent to an activating group) is 1. The number of hydrogen-bond acceptors (Lipinski definition) is 7. The molecule has 1 aromatic carbocycles. The van der Waals surface area contributed by atoms with Gasteiger partial charge >= 0.3 is 0 Å². The van der Waals surface area contributed by atoms with Gasteiger partial charge in [-0.2, -0.15) is 0 Å². The molecule has 34 heavy (non-hydrogen) atoms. The monoisotopic (exact) mass is 488 g/mol. The zero-order valence-corrected chi connectivity index (χ0v) is 20.6. The van der Waals surface area contributed by atoms with E-state index >= 15 is 0 Å². The van der Waals surface area contributed by atoms with Crippen LogP contribution in [0.1, 0.15) is 18.4 Å². The summed E-state index contributed by atoms with van der Waals surface area (Å²) >= 11 is 6.40. The van der Waals surface area contributed by atoms with Crippen LogP contribution in [0.3, 0.4) is 0 Å². The number of methoxy groups -OCH3 is 1. The zero-order valence-electron chi connectivity index (χ0n) is 19.8. The molecule has 0 aliphatic carbocycles. The van der Waals surface area contributed by atoms with Gasteiger partial charge < -0.3 is 25.2 Å². The summed E-state index contributed by atoms with van der Waals surface area (Å²) < 4.78 is 5.29. The summed E-state index contributed by atoms with van der Waals surface area (Å²) in [5.74, 6) is 0.195. The van der Waals surface area contributed by atoms with Crippen LogP contribution in [-0.2, 0) is 9.59 Å². The number of ether oxygens (including phenoxy) is 1. The summed E-state index contributed by atoms with van der Waals surface area (Å²) in [6.07, 6.45) is 6.84. The summed E-state index contributed by atoms with van der Waals surface area (Å²) in [5, 5.41) is 0.497. The lowest BCUT2D eigenvalue weighted by molar-refractivity contribution is -0.132. The van der Waals surface area contributed by atoms with Crippen LogP contribution in [0.25, 0.3) is 5.57 Å². The Kier molecular flexibility index (Phi) is 7.47. The minimum absolute atomic E-state index is 0.0000926. The van der Waals surface area contributed by atoms with Crippen molar-refractivity contribution < 1.29 is 14.3 Å². The summed E-state index contributed by atoms with van der Waals surface area (Å²) in [5.41, 5.74) is 13.9. The van der Waals surface area contributed by atoms with Crippen LogP contribution in [0, 0.1) is 5.92 Å². The average Bonchev–Trinajstić information content (AvgIpc) is 3.23. The molecule has 3 heterocycles. The van der Waals surface area contributed by atoms with Gasteiger partial charge in [0.15, 0.2) is 0 Å². The SMILES string of the molecule is COc1ccc(C2=CN(C3CCCN(C(=O)/C=C/CN(C)C)C3)C3C(=O)NNC(N)C23)cc1Cl. The van der Waals surface area contributed by atoms with Gasteiger partial charge in [0.25, 0.3) is 5.91 Å². The quantitative estimate of drug-likeness (QED) is 0.514. The molecule has 0 aromatic heterocycles. The van der Waals surface area contributed by atoms with Crippen molar-refractivity contribution in [2.45, 2.75) is 31.1 Å². The van der Waals surface area contributed by atoms with E-state index in [2.05, 4.69) is 15.8 Å². The maximum atomic E-state index is 13.0. The van der Waals surface area contributed by atoms with Crippen molar-refractivity contribution >= 4 is 29.0 Å². The van der Waals surface area contributed by atoms with E-state index in [1.165, 1.54) is 0 Å². The highest BCUT2D eigenvalue weighted by Crippen LogP contribution is 2.41. The van der Waals surface area contributed by atoms with Gasteiger partial charge in [-0.05, 0) is 50.2 Å². The van der Waals surface area contributed by atoms with Crippen molar-refractivity contribution in [2.24, 2.45) is 11.7 Å². The van der Waals surface area contributed by atoms with E-state index in [9.17, 15) is 9.59 Å². The Morgan fingerprint density at radius 1 is 1.38 bits per heavy atom. The second kappa shape index (κ2) is 10.4. The van der Waals surface area contributed by atoms with Gasteiger partial charge in [0.05, 0.1) is 18.3 Å². The molecule has 4 atom stereocenters. The molecular weight excluding hydrogens is 456 g/mol. The van der Waals surface area contributed by atoms with Crippen molar-refractivity contribution in [2.75, 3.05) is 40.8 Å². The molecule has 4 rings (SSSR count). The number of nitrogens with zero attached hydrogens (tertiary/aromatic N) is 3. The van der Waals surface area contributed by atoms with E-state index in [1.54, 1.807) is 13.2 Å². The Hall–Kier alpha value is -2.59. The maximum absolute atomic E-state index is 13.0. The minimum Gasteiger partial charge on any atom is -0.495 e. The van der Waals surface area contributed by atoms with Crippen LogP contribution in [0.15, 0.2) is 36.6 Å². The Morgan fingerprint density at radius 2 is 2.18 bits per heavy atom. The van der Waals surface area contributed by atoms with Crippen molar-refractivity contribution in [3.05, 3.63) is 47.1 Å². The number of nitrogens with one attached hydrogen (secondary N) is 2. The normalized spacial score (nSPS) is 27.1. The topological polar surface area (TPSA) is 103 Å². The predicted molar refractivity (Wildman–Crippen MR) is 132 cm³/mol. The van der Waals surface area contributed by atoms with Crippen LogP contribution in [-0.4, -0.2) is 85.6 Å². The van der Waals surface area contributed by atoms with Gasteiger partial charge in [-0.3, -0.25) is 15.0 Å². The fourth-order valence-electron chi connectivity index (χ4n) is 5.00. The predicted octanol–water partition coefficient (Wildman–Crippen LogP) is 1.02. The molecular formula is C24H33ClN6O3. The summed E-state index contributed by atoms with van der Waals surface area (Å²) in [4.78, 5) is 31.7. The molecule has 0 bridgehead atoms. The number of benzene rings is 1. The molecule has 2 saturated heterocycles. The van der Waals surface area contributed by atoms with Gasteiger partial charge in [-0.1, -0.05) is 23.7 Å². The Balaban J connectivity index is 1.60. The first kappa shape index (κ1) is 24.5. The molecule has 0 spiro atoms. The number of rotatable bonds is 6. The molecule has 1 aromatic rings. The van der Waals surface area contributed by atoms with Gasteiger partial charge in [0, 0.05) is 43.9 Å². The third-order valence-electron chi connectivity index (χ3n) is 6.67. The van der Waals surface area contributed by atoms with Crippen LogP contribution in [0.5, 0.6) is 5.75 Å². The fraction of sp³-hybridized carbons (Fsp3) is 0.500. The number of carbonyl (C=O) groups excluding carboxylic acids is 2. The number of hydrazine groups is 1. The molecule has 0 radical (unpaired) electrons. The Morgan fingerprint density at radius 3 is 2.88 bits per heavy atom. The smallest absolute Gasteiger partial charge is 0.257 e. The Bertz CT molecular complexity index is 997. The van der Waals surface area contributed by atoms with Crippen molar-refractivity contribution in [1.29, 1.82) is 0 Å². The van der Waals surface area contributed by atoms with Crippen LogP contribution in [0.2, 0.25) is 5.02 Å². The summed E-state index contributed by atoms with van der Waals surface area (Å²) in [7, 11) is 5.50. The fourth-order valence-corrected chi connectivity index (χ4v) is 5.26. The van der Waals surface area contributed by atoms with E-state index in [0.717, 1.165) is 24.0 Å². The lowest BCUT2D eigenvalue weighted by Gasteiger charge is -2.43. The first-order valence-electron chi connectivity index (χ1n) is 11.5. The van der Waals surface area contributed by atoms with Crippen LogP contribution < -0.4 is 21.3 Å². The van der Waals surface area contributed by atoms with E-state index in [-0.39, 0.29) is 23.8 Å². The number of likely N-dealkylation sites (tertiary alicyclic amines) is 1. The number of hydrogen-bond donors (Lipinski definition) is 3. The molecule has 9 nitrogen and oxygen atoms in total. The van der Waals surface area contributed by atoms with Gasteiger partial charge in [0.2, 0.25) is 5.91 Å². The first-order chi connectivity index (χ1) is 16.3. The average molecular weight is 489 g/mol. The first-order valence-corrected chi connectivity index (χ1v) is 11.9. The van der Waals surface area contributed by atoms with Crippen LogP contribution in [0.4, 0.5) is 0 Å². The highest BCUT2D eigenvalue weighted by Gasteiger charge is 2.49. The number of carbonyl (C=O) groups is 2. The number of fused-ring (bicyclic) bond motifs is 1. The van der Waals surface area contributed by atoms with E-state index < -0.39 is 12.2 Å². The molecule has 2 fully saturated rings. The highest BCUT2D eigenvalue weighted by atomic mass is 35.5. The second-order valence-corrected chi connectivity index (χ2v) is 9.66. The maximum Gasteiger partial charge on any atom is 0.257 e. The van der Waals surface area contributed by atoms with Gasteiger partial charge in [-0.15, -0.1) is 0 Å². The largest absolute Gasteiger partial charge is 0.495 e. The molecule has 3 aliphatic heterocycles. The van der Waals surface area contributed by atoms with Gasteiger partial charge in [-0.25, -0.2) is 5.43 Å². The van der Waals surface area contributed by atoms with Crippen LogP contribution >= 0.6 is 11.6 Å².